The minimum Gasteiger partial charge on any atom is -0.659 e. The van der Waals surface area contributed by atoms with Gasteiger partial charge in [-0.1, -0.05) is 95.3 Å². The van der Waals surface area contributed by atoms with Crippen molar-refractivity contribution in [2.75, 3.05) is 0 Å². The van der Waals surface area contributed by atoms with Gasteiger partial charge in [-0.3, -0.25) is 0 Å². The quantitative estimate of drug-likeness (QED) is 0.309. The molecule has 10 atom stereocenters. The van der Waals surface area contributed by atoms with E-state index in [0.29, 0.717) is 24.2 Å². The van der Waals surface area contributed by atoms with E-state index < -0.39 is 0 Å². The molecule has 6 rings (SSSR count). The average molecular weight is 590 g/mol. The summed E-state index contributed by atoms with van der Waals surface area (Å²) in [6.45, 7) is 0. The van der Waals surface area contributed by atoms with Crippen LogP contribution < -0.4 is 0 Å². The van der Waals surface area contributed by atoms with Gasteiger partial charge >= 0.3 is 21.1 Å². The van der Waals surface area contributed by atoms with Crippen molar-refractivity contribution in [3.05, 3.63) is 23.5 Å². The number of nitrogens with zero attached hydrogens (tertiary/aromatic N) is 2. The fourth-order valence-electron chi connectivity index (χ4n) is 8.57. The number of hydrogen-bond acceptors (Lipinski definition) is 0. The van der Waals surface area contributed by atoms with Crippen molar-refractivity contribution in [1.82, 2.24) is 0 Å². The molecule has 10 unspecified atom stereocenters. The predicted octanol–water partition coefficient (Wildman–Crippen LogP) is 7.24. The Labute approximate surface area is 200 Å². The molecule has 0 aromatic carbocycles. The first-order chi connectivity index (χ1) is 14.3. The van der Waals surface area contributed by atoms with Crippen LogP contribution in [0.25, 0.3) is 10.6 Å². The van der Waals surface area contributed by atoms with E-state index in [0.717, 1.165) is 35.5 Å². The molecule has 6 aliphatic rings. The van der Waals surface area contributed by atoms with Crippen LogP contribution in [0.2, 0.25) is 0 Å². The van der Waals surface area contributed by atoms with Crippen LogP contribution >= 0.6 is 0 Å². The van der Waals surface area contributed by atoms with E-state index in [1.54, 1.807) is 0 Å². The van der Waals surface area contributed by atoms with E-state index in [1.165, 1.54) is 96.3 Å². The molecule has 4 aliphatic carbocycles. The van der Waals surface area contributed by atoms with Crippen LogP contribution in [0.3, 0.4) is 0 Å². The molecule has 30 heavy (non-hydrogen) atoms. The zero-order chi connectivity index (χ0) is 19.2. The molecule has 2 aliphatic heterocycles. The Kier molecular flexibility index (Phi) is 7.35. The van der Waals surface area contributed by atoms with Crippen molar-refractivity contribution >= 4 is 0 Å². The molecule has 2 nitrogen and oxygen atoms in total. The second-order valence-electron chi connectivity index (χ2n) is 11.8. The van der Waals surface area contributed by atoms with E-state index in [4.69, 9.17) is 10.6 Å². The van der Waals surface area contributed by atoms with Crippen LogP contribution in [0.4, 0.5) is 0 Å². The fourth-order valence-corrected chi connectivity index (χ4v) is 8.57. The zero-order valence-electron chi connectivity index (χ0n) is 18.7. The molecule has 2 heterocycles. The van der Waals surface area contributed by atoms with E-state index in [-0.39, 0.29) is 21.1 Å². The van der Waals surface area contributed by atoms with Crippen molar-refractivity contribution in [2.24, 2.45) is 35.5 Å². The SMILES string of the molecule is [CH-]1CC2CCCC2CC1C1CCC(CC2CCC(C3[CH-]CC4CCCC4C3)[N-]2)[N-]1.[Pt+4]. The van der Waals surface area contributed by atoms with Gasteiger partial charge in [0, 0.05) is 0 Å². The van der Waals surface area contributed by atoms with Crippen molar-refractivity contribution in [1.29, 1.82) is 0 Å². The van der Waals surface area contributed by atoms with E-state index in [1.807, 2.05) is 0 Å². The maximum absolute atomic E-state index is 5.37. The smallest absolute Gasteiger partial charge is 0.659 e. The number of fused-ring (bicyclic) bond motifs is 2. The van der Waals surface area contributed by atoms with Gasteiger partial charge in [0.2, 0.25) is 0 Å². The van der Waals surface area contributed by atoms with Crippen LogP contribution in [-0.2, 0) is 21.1 Å². The van der Waals surface area contributed by atoms with Gasteiger partial charge in [-0.25, -0.2) is 0 Å². The van der Waals surface area contributed by atoms with Crippen LogP contribution in [-0.4, -0.2) is 24.2 Å². The fraction of sp³-hybridized carbons (Fsp3) is 0.926. The first-order valence-corrected chi connectivity index (χ1v) is 13.4. The Hall–Kier alpha value is 0.608. The van der Waals surface area contributed by atoms with E-state index >= 15 is 0 Å². The summed E-state index contributed by atoms with van der Waals surface area (Å²) >= 11 is 0. The molecular formula is C27H42N2Pt. The Morgan fingerprint density at radius 3 is 1.53 bits per heavy atom. The average Bonchev–Trinajstić information content (AvgIpc) is 3.53. The van der Waals surface area contributed by atoms with Gasteiger partial charge < -0.3 is 23.5 Å². The topological polar surface area (TPSA) is 28.2 Å². The Morgan fingerprint density at radius 2 is 1.03 bits per heavy atom. The molecule has 3 heteroatoms. The maximum Gasteiger partial charge on any atom is 4.00 e. The minimum atomic E-state index is 0. The molecule has 0 amide bonds. The normalized spacial score (nSPS) is 50.8. The first kappa shape index (κ1) is 22.4. The molecule has 0 aromatic heterocycles. The molecular weight excluding hydrogens is 547 g/mol. The van der Waals surface area contributed by atoms with Gasteiger partial charge in [0.15, 0.2) is 0 Å². The van der Waals surface area contributed by atoms with E-state index in [9.17, 15) is 0 Å². The molecule has 0 N–H and O–H groups in total. The Morgan fingerprint density at radius 1 is 0.567 bits per heavy atom. The second kappa shape index (κ2) is 9.85. The van der Waals surface area contributed by atoms with Gasteiger partial charge in [-0.15, -0.1) is 12.1 Å². The summed E-state index contributed by atoms with van der Waals surface area (Å²) in [6, 6.07) is 2.56. The van der Waals surface area contributed by atoms with Crippen LogP contribution in [0.1, 0.15) is 96.3 Å². The summed E-state index contributed by atoms with van der Waals surface area (Å²) in [5.74, 6) is 5.77. The van der Waals surface area contributed by atoms with Gasteiger partial charge in [0.1, 0.15) is 0 Å². The first-order valence-electron chi connectivity index (χ1n) is 13.4. The molecule has 0 radical (unpaired) electrons. The third-order valence-electron chi connectivity index (χ3n) is 10.2. The Balaban J connectivity index is 0.00000193. The molecule has 2 saturated heterocycles. The largest absolute Gasteiger partial charge is 4.00 e. The third-order valence-corrected chi connectivity index (χ3v) is 10.2. The number of rotatable bonds is 4. The molecule has 4 saturated carbocycles. The van der Waals surface area contributed by atoms with Crippen molar-refractivity contribution in [3.8, 4) is 0 Å². The minimum absolute atomic E-state index is 0. The molecule has 0 aromatic rings. The molecule has 0 spiro atoms. The maximum atomic E-state index is 5.37. The molecule has 170 valence electrons. The standard InChI is InChI=1S/C27H42N2.Pt/c1-3-18-7-9-22(15-20(18)5-1)26-13-11-24(28-26)17-25-12-14-27(29-25)23-10-8-19-4-2-6-21(19)16-23;/h9-10,18-27H,1-8,11-17H2;/q-4;+4. The summed E-state index contributed by atoms with van der Waals surface area (Å²) in [5.41, 5.74) is 0. The van der Waals surface area contributed by atoms with Gasteiger partial charge in [0.05, 0.1) is 0 Å². The molecule has 6 fully saturated rings. The van der Waals surface area contributed by atoms with Crippen LogP contribution in [0.5, 0.6) is 0 Å². The summed E-state index contributed by atoms with van der Waals surface area (Å²) in [5, 5.41) is 10.7. The predicted molar refractivity (Wildman–Crippen MR) is 121 cm³/mol. The van der Waals surface area contributed by atoms with Crippen LogP contribution in [0.15, 0.2) is 0 Å². The number of hydrogen-bond donors (Lipinski definition) is 0. The second-order valence-corrected chi connectivity index (χ2v) is 11.8. The molecule has 0 bridgehead atoms. The van der Waals surface area contributed by atoms with Gasteiger partial charge in [-0.05, 0) is 11.8 Å². The van der Waals surface area contributed by atoms with Crippen molar-refractivity contribution < 1.29 is 21.1 Å². The monoisotopic (exact) mass is 589 g/mol. The summed E-state index contributed by atoms with van der Waals surface area (Å²) in [7, 11) is 0. The summed E-state index contributed by atoms with van der Waals surface area (Å²) < 4.78 is 0. The van der Waals surface area contributed by atoms with Gasteiger partial charge in [0.25, 0.3) is 0 Å². The van der Waals surface area contributed by atoms with Crippen molar-refractivity contribution in [2.45, 2.75) is 120 Å². The van der Waals surface area contributed by atoms with E-state index in [2.05, 4.69) is 12.8 Å². The van der Waals surface area contributed by atoms with Crippen LogP contribution in [0, 0.1) is 48.3 Å². The van der Waals surface area contributed by atoms with Gasteiger partial charge in [-0.2, -0.15) is 36.8 Å². The summed E-state index contributed by atoms with van der Waals surface area (Å²) in [6.07, 6.45) is 26.8. The third kappa shape index (κ3) is 4.63. The Bertz CT molecular complexity index is 519. The zero-order valence-corrected chi connectivity index (χ0v) is 21.0. The van der Waals surface area contributed by atoms with Crippen molar-refractivity contribution in [3.63, 3.8) is 0 Å². The summed E-state index contributed by atoms with van der Waals surface area (Å²) in [4.78, 5) is 0.